The summed E-state index contributed by atoms with van der Waals surface area (Å²) in [6.07, 6.45) is 0. The second kappa shape index (κ2) is 8.99. The molecule has 176 valence electrons. The number of nitrogens with zero attached hydrogens (tertiary/aromatic N) is 1. The molecule has 6 rings (SSSR count). The molecule has 3 heteroatoms. The fourth-order valence-electron chi connectivity index (χ4n) is 4.97. The summed E-state index contributed by atoms with van der Waals surface area (Å²) in [4.78, 5) is 15.9. The molecule has 0 saturated carbocycles. The van der Waals surface area contributed by atoms with Crippen LogP contribution in [0.1, 0.15) is 0 Å². The van der Waals surface area contributed by atoms with Crippen molar-refractivity contribution in [1.82, 2.24) is 4.98 Å². The van der Waals surface area contributed by atoms with Crippen LogP contribution in [0.15, 0.2) is 121 Å². The Morgan fingerprint density at radius 1 is 0.583 bits per heavy atom. The van der Waals surface area contributed by atoms with Crippen molar-refractivity contribution in [3.63, 3.8) is 0 Å². The van der Waals surface area contributed by atoms with Crippen LogP contribution in [0, 0.1) is 0 Å². The number of hydrogen-bond acceptors (Lipinski definition) is 2. The molecule has 0 atom stereocenters. The fourth-order valence-corrected chi connectivity index (χ4v) is 5.95. The molecule has 0 unspecified atom stereocenters. The number of aromatic nitrogens is 1. The van der Waals surface area contributed by atoms with Crippen LogP contribution < -0.4 is 5.30 Å². The molecule has 36 heavy (non-hydrogen) atoms. The summed E-state index contributed by atoms with van der Waals surface area (Å²) in [6.45, 7) is 3.90. The van der Waals surface area contributed by atoms with Gasteiger partial charge in [-0.25, -0.2) is 0 Å². The van der Waals surface area contributed by atoms with Gasteiger partial charge in [0.2, 0.25) is 0 Å². The van der Waals surface area contributed by atoms with Crippen molar-refractivity contribution in [2.75, 3.05) is 13.3 Å². The normalized spacial score (nSPS) is 12.2. The van der Waals surface area contributed by atoms with Crippen LogP contribution in [0.5, 0.6) is 0 Å². The monoisotopic (exact) mass is 485 g/mol. The minimum atomic E-state index is -2.38. The number of benzene rings is 5. The van der Waals surface area contributed by atoms with Crippen molar-refractivity contribution in [3.05, 3.63) is 121 Å². The summed E-state index contributed by atoms with van der Waals surface area (Å²) >= 11 is 0. The van der Waals surface area contributed by atoms with Crippen LogP contribution in [0.2, 0.25) is 0 Å². The molecule has 1 aromatic heterocycles. The Bertz CT molecular complexity index is 1690. The zero-order valence-corrected chi connectivity index (χ0v) is 21.4. The predicted molar refractivity (Wildman–Crippen MR) is 158 cm³/mol. The van der Waals surface area contributed by atoms with Gasteiger partial charge in [-0.1, -0.05) is 0 Å². The number of rotatable bonds is 4. The second-order valence-electron chi connectivity index (χ2n) is 9.79. The molecule has 0 fully saturated rings. The molecule has 6 aromatic rings. The van der Waals surface area contributed by atoms with Crippen molar-refractivity contribution in [2.45, 2.75) is 0 Å². The van der Waals surface area contributed by atoms with Crippen molar-refractivity contribution in [2.24, 2.45) is 0 Å². The van der Waals surface area contributed by atoms with E-state index in [2.05, 4.69) is 115 Å². The van der Waals surface area contributed by atoms with E-state index in [-0.39, 0.29) is 0 Å². The number of hydrogen-bond donors (Lipinski definition) is 1. The molecule has 1 N–H and O–H groups in total. The molecule has 0 aliphatic carbocycles. The van der Waals surface area contributed by atoms with Gasteiger partial charge in [0.25, 0.3) is 0 Å². The summed E-state index contributed by atoms with van der Waals surface area (Å²) in [5, 5.41) is 4.57. The first-order valence-electron chi connectivity index (χ1n) is 12.3. The van der Waals surface area contributed by atoms with Gasteiger partial charge in [-0.05, 0) is 0 Å². The van der Waals surface area contributed by atoms with E-state index in [0.717, 1.165) is 38.6 Å². The van der Waals surface area contributed by atoms with E-state index in [1.807, 2.05) is 19.4 Å². The Kier molecular flexibility index (Phi) is 5.64. The molecular formula is C33H28NOP. The fraction of sp³-hybridized carbons (Fsp3) is 0.0606. The molecular weight excluding hydrogens is 457 g/mol. The van der Waals surface area contributed by atoms with Gasteiger partial charge in [0.05, 0.1) is 0 Å². The standard InChI is InChI=1S/C33H28NOP/c1-36(2,35)27-19-17-24(18-20-27)30-21-26-15-9-10-16-28(26)32-29(23-11-5-3-6-12-23)22-31(34-33(30)32)25-13-7-4-8-14-25/h3-22,35-36H,1-2H3. The second-order valence-corrected chi connectivity index (χ2v) is 13.5. The summed E-state index contributed by atoms with van der Waals surface area (Å²) in [5.41, 5.74) is 7.60. The minimum absolute atomic E-state index is 0.957. The topological polar surface area (TPSA) is 33.1 Å². The maximum atomic E-state index is 10.6. The van der Waals surface area contributed by atoms with Gasteiger partial charge in [0, 0.05) is 0 Å². The molecule has 0 bridgehead atoms. The van der Waals surface area contributed by atoms with Gasteiger partial charge in [0.1, 0.15) is 0 Å². The van der Waals surface area contributed by atoms with Gasteiger partial charge >= 0.3 is 213 Å². The molecule has 1 heterocycles. The molecule has 0 spiro atoms. The molecule has 0 amide bonds. The van der Waals surface area contributed by atoms with Crippen molar-refractivity contribution < 1.29 is 4.89 Å². The van der Waals surface area contributed by atoms with Gasteiger partial charge < -0.3 is 0 Å². The number of pyridine rings is 1. The van der Waals surface area contributed by atoms with Crippen molar-refractivity contribution >= 4 is 34.5 Å². The van der Waals surface area contributed by atoms with Crippen LogP contribution >= 0.6 is 7.49 Å². The molecule has 0 saturated heterocycles. The van der Waals surface area contributed by atoms with Crippen LogP contribution in [0.4, 0.5) is 0 Å². The third kappa shape index (κ3) is 4.09. The van der Waals surface area contributed by atoms with E-state index in [1.165, 1.54) is 21.9 Å². The van der Waals surface area contributed by atoms with E-state index in [0.29, 0.717) is 0 Å². The van der Waals surface area contributed by atoms with Crippen molar-refractivity contribution in [3.8, 4) is 33.5 Å². The Morgan fingerprint density at radius 3 is 1.83 bits per heavy atom. The zero-order valence-electron chi connectivity index (χ0n) is 20.4. The van der Waals surface area contributed by atoms with Crippen LogP contribution in [0.3, 0.4) is 0 Å². The van der Waals surface area contributed by atoms with Crippen molar-refractivity contribution in [1.29, 1.82) is 0 Å². The quantitative estimate of drug-likeness (QED) is 0.203. The first kappa shape index (κ1) is 22.6. The summed E-state index contributed by atoms with van der Waals surface area (Å²) in [5.74, 6) is 0. The molecule has 0 radical (unpaired) electrons. The molecule has 5 aromatic carbocycles. The van der Waals surface area contributed by atoms with E-state index in [1.54, 1.807) is 0 Å². The first-order valence-corrected chi connectivity index (χ1v) is 15.2. The first-order chi connectivity index (χ1) is 17.5. The van der Waals surface area contributed by atoms with Crippen LogP contribution in [-0.4, -0.2) is 23.2 Å². The molecule has 0 aliphatic rings. The van der Waals surface area contributed by atoms with E-state index in [4.69, 9.17) is 4.98 Å². The molecule has 0 aliphatic heterocycles. The summed E-state index contributed by atoms with van der Waals surface area (Å²) in [7, 11) is -2.38. The third-order valence-corrected chi connectivity index (χ3v) is 8.61. The van der Waals surface area contributed by atoms with E-state index < -0.39 is 7.49 Å². The molecule has 2 nitrogen and oxygen atoms in total. The Morgan fingerprint density at radius 2 is 1.17 bits per heavy atom. The Hall–Kier alpha value is -3.84. The summed E-state index contributed by atoms with van der Waals surface area (Å²) in [6, 6.07) is 42.4. The SMILES string of the molecule is C[PH](C)(O)c1ccc(-c2cc3ccccc3c3c(-c4ccccc4)cc(-c4ccccc4)nc23)cc1. The maximum absolute atomic E-state index is 10.6. The van der Waals surface area contributed by atoms with Crippen LogP contribution in [0.25, 0.3) is 55.2 Å². The third-order valence-electron chi connectivity index (χ3n) is 6.86. The zero-order chi connectivity index (χ0) is 24.7. The Labute approximate surface area is 212 Å². The Balaban J connectivity index is 1.73. The number of fused-ring (bicyclic) bond motifs is 3. The van der Waals surface area contributed by atoms with E-state index >= 15 is 0 Å². The van der Waals surface area contributed by atoms with Crippen LogP contribution in [-0.2, 0) is 0 Å². The van der Waals surface area contributed by atoms with Gasteiger partial charge in [0.15, 0.2) is 0 Å². The average molecular weight is 486 g/mol. The predicted octanol–water partition coefficient (Wildman–Crippen LogP) is 7.93. The van der Waals surface area contributed by atoms with Gasteiger partial charge in [-0.3, -0.25) is 0 Å². The summed E-state index contributed by atoms with van der Waals surface area (Å²) < 4.78 is 0. The van der Waals surface area contributed by atoms with E-state index in [9.17, 15) is 4.89 Å². The average Bonchev–Trinajstić information content (AvgIpc) is 2.92. The van der Waals surface area contributed by atoms with Gasteiger partial charge in [-0.2, -0.15) is 0 Å². The van der Waals surface area contributed by atoms with Gasteiger partial charge in [-0.15, -0.1) is 0 Å².